The van der Waals surface area contributed by atoms with E-state index in [1.807, 2.05) is 0 Å². The molecular formula is C31H34F4N6O5S. The first kappa shape index (κ1) is 35.9. The third-order valence-electron chi connectivity index (χ3n) is 7.64. The van der Waals surface area contributed by atoms with Crippen molar-refractivity contribution in [1.82, 2.24) is 15.0 Å². The fraction of sp³-hybridized carbons (Fsp3) is 0.419. The van der Waals surface area contributed by atoms with Gasteiger partial charge in [0.15, 0.2) is 5.79 Å². The van der Waals surface area contributed by atoms with E-state index in [1.54, 1.807) is 0 Å². The zero-order valence-corrected chi connectivity index (χ0v) is 26.1. The van der Waals surface area contributed by atoms with Crippen LogP contribution in [0.4, 0.5) is 17.6 Å². The Bertz CT molecular complexity index is 1710. The molecule has 4 N–H and O–H groups in total. The van der Waals surface area contributed by atoms with E-state index in [1.165, 1.54) is 18.3 Å². The van der Waals surface area contributed by atoms with E-state index in [2.05, 4.69) is 25.0 Å². The largest absolute Gasteiger partial charge is 0.365 e. The summed E-state index contributed by atoms with van der Waals surface area (Å²) in [6.45, 7) is 0.851. The Balaban J connectivity index is 1.62. The molecule has 1 heterocycles. The van der Waals surface area contributed by atoms with Gasteiger partial charge in [0.1, 0.15) is 35.1 Å². The van der Waals surface area contributed by atoms with Crippen molar-refractivity contribution in [3.8, 4) is 0 Å². The van der Waals surface area contributed by atoms with E-state index in [4.69, 9.17) is 0 Å². The number of azide groups is 1. The summed E-state index contributed by atoms with van der Waals surface area (Å²) in [7, 11) is -3.68. The second-order valence-electron chi connectivity index (χ2n) is 11.7. The lowest BCUT2D eigenvalue weighted by Crippen LogP contribution is -2.47. The molecule has 252 valence electrons. The molecule has 0 spiro atoms. The number of ketones is 1. The number of aliphatic hydroxyl groups is 2. The minimum Gasteiger partial charge on any atom is -0.365 e. The lowest BCUT2D eigenvalue weighted by Gasteiger charge is -2.25. The molecule has 3 aromatic rings. The Morgan fingerprint density at radius 1 is 1.06 bits per heavy atom. The lowest BCUT2D eigenvalue weighted by atomic mass is 9.82. The first-order chi connectivity index (χ1) is 22.2. The predicted molar refractivity (Wildman–Crippen MR) is 163 cm³/mol. The highest BCUT2D eigenvalue weighted by atomic mass is 32.2. The molecule has 2 aromatic carbocycles. The lowest BCUT2D eigenvalue weighted by molar-refractivity contribution is -0.140. The van der Waals surface area contributed by atoms with Crippen molar-refractivity contribution in [2.45, 2.75) is 68.1 Å². The van der Waals surface area contributed by atoms with E-state index < -0.39 is 74.5 Å². The third kappa shape index (κ3) is 10.3. The Kier molecular flexibility index (Phi) is 11.7. The van der Waals surface area contributed by atoms with Crippen LogP contribution in [0.3, 0.4) is 0 Å². The van der Waals surface area contributed by atoms with Gasteiger partial charge >= 0.3 is 0 Å². The average molecular weight is 679 g/mol. The number of sulfonamides is 1. The van der Waals surface area contributed by atoms with Crippen LogP contribution in [0.2, 0.25) is 0 Å². The van der Waals surface area contributed by atoms with Crippen molar-refractivity contribution >= 4 is 15.8 Å². The minimum atomic E-state index is -3.68. The molecule has 0 radical (unpaired) electrons. The zero-order valence-electron chi connectivity index (χ0n) is 25.3. The molecule has 1 saturated carbocycles. The fourth-order valence-electron chi connectivity index (χ4n) is 5.29. The number of aromatic nitrogens is 1. The Hall–Kier alpha value is -3.92. The summed E-state index contributed by atoms with van der Waals surface area (Å²) in [5, 5.41) is 25.1. The standard InChI is InChI=1S/C31H34F4N6O5S/c1-31(43,44)17-38-15-24(40-47(45,46)25-7-8-25)6-9-26-20(14-37-16-27(26)35)12-28(42)30(39-41-36)29(18-2-4-21(32)5-3-18)19-10-22(33)13-23(34)11-19/h2-5,10-11,13-14,16,24-25,29-30,38,40,43-44H,6-9,12,15,17H2,1H3/t24-,29-,30+/m0/s1. The molecule has 1 aromatic heterocycles. The number of pyridine rings is 1. The van der Waals surface area contributed by atoms with E-state index in [0.29, 0.717) is 18.9 Å². The molecule has 3 atom stereocenters. The summed E-state index contributed by atoms with van der Waals surface area (Å²) in [6, 6.07) is 4.90. The van der Waals surface area contributed by atoms with Crippen molar-refractivity contribution in [2.75, 3.05) is 13.1 Å². The van der Waals surface area contributed by atoms with Gasteiger partial charge in [-0.25, -0.2) is 30.7 Å². The van der Waals surface area contributed by atoms with Crippen LogP contribution in [0.5, 0.6) is 0 Å². The van der Waals surface area contributed by atoms with Crippen LogP contribution in [0.25, 0.3) is 10.4 Å². The zero-order chi connectivity index (χ0) is 34.4. The van der Waals surface area contributed by atoms with Crippen molar-refractivity contribution in [3.63, 3.8) is 0 Å². The number of halogens is 4. The van der Waals surface area contributed by atoms with Gasteiger partial charge in [0.2, 0.25) is 10.0 Å². The Morgan fingerprint density at radius 2 is 1.72 bits per heavy atom. The molecule has 4 rings (SSSR count). The summed E-state index contributed by atoms with van der Waals surface area (Å²) in [5.41, 5.74) is 9.68. The summed E-state index contributed by atoms with van der Waals surface area (Å²) >= 11 is 0. The highest BCUT2D eigenvalue weighted by molar-refractivity contribution is 7.90. The SMILES string of the molecule is CC(O)(O)CNC[C@H](CCc1c(F)cncc1CC(=O)[C@@H](N=[N+]=[N-])[C@@H](c1ccc(F)cc1)c1cc(F)cc(F)c1)NS(=O)(=O)C1CC1. The summed E-state index contributed by atoms with van der Waals surface area (Å²) in [4.78, 5) is 20.4. The Morgan fingerprint density at radius 3 is 2.32 bits per heavy atom. The number of carbonyl (C=O) groups is 1. The van der Waals surface area contributed by atoms with Crippen LogP contribution >= 0.6 is 0 Å². The number of Topliss-reactive ketones (excluding diaryl/α,β-unsaturated/α-hetero) is 1. The van der Waals surface area contributed by atoms with Gasteiger partial charge < -0.3 is 15.5 Å². The van der Waals surface area contributed by atoms with Crippen molar-refractivity contribution in [2.24, 2.45) is 5.11 Å². The fourth-order valence-corrected chi connectivity index (χ4v) is 6.91. The molecule has 0 unspecified atom stereocenters. The van der Waals surface area contributed by atoms with Gasteiger partial charge in [-0.05, 0) is 84.7 Å². The van der Waals surface area contributed by atoms with Crippen LogP contribution in [0.15, 0.2) is 60.0 Å². The molecular weight excluding hydrogens is 644 g/mol. The highest BCUT2D eigenvalue weighted by Crippen LogP contribution is 2.33. The van der Waals surface area contributed by atoms with Gasteiger partial charge in [0, 0.05) is 48.6 Å². The smallest absolute Gasteiger partial charge is 0.214 e. The van der Waals surface area contributed by atoms with Gasteiger partial charge in [0.25, 0.3) is 0 Å². The molecule has 1 aliphatic carbocycles. The number of rotatable bonds is 17. The normalized spacial score (nSPS) is 15.5. The maximum absolute atomic E-state index is 15.2. The number of nitrogens with zero attached hydrogens (tertiary/aromatic N) is 4. The molecule has 0 amide bonds. The number of hydrogen-bond acceptors (Lipinski definition) is 8. The van der Waals surface area contributed by atoms with Crippen molar-refractivity contribution in [1.29, 1.82) is 0 Å². The average Bonchev–Trinajstić information content (AvgIpc) is 3.83. The molecule has 0 aliphatic heterocycles. The van der Waals surface area contributed by atoms with E-state index in [9.17, 15) is 42.1 Å². The highest BCUT2D eigenvalue weighted by Gasteiger charge is 2.37. The number of carbonyl (C=O) groups excluding carboxylic acids is 1. The molecule has 1 fully saturated rings. The van der Waals surface area contributed by atoms with Gasteiger partial charge in [-0.3, -0.25) is 9.78 Å². The van der Waals surface area contributed by atoms with Crippen LogP contribution in [-0.2, 0) is 27.7 Å². The molecule has 0 saturated heterocycles. The number of nitrogens with one attached hydrogen (secondary N) is 2. The number of benzene rings is 2. The van der Waals surface area contributed by atoms with Crippen molar-refractivity contribution < 1.29 is 41.0 Å². The molecule has 11 nitrogen and oxygen atoms in total. The topological polar surface area (TPSA) is 177 Å². The van der Waals surface area contributed by atoms with Crippen LogP contribution in [-0.4, -0.2) is 65.6 Å². The maximum Gasteiger partial charge on any atom is 0.214 e. The van der Waals surface area contributed by atoms with E-state index >= 15 is 4.39 Å². The monoisotopic (exact) mass is 678 g/mol. The molecule has 0 bridgehead atoms. The van der Waals surface area contributed by atoms with Gasteiger partial charge in [0.05, 0.1) is 11.4 Å². The van der Waals surface area contributed by atoms with Gasteiger partial charge in [-0.2, -0.15) is 0 Å². The minimum absolute atomic E-state index is 0.0217. The van der Waals surface area contributed by atoms with E-state index in [-0.39, 0.29) is 48.2 Å². The maximum atomic E-state index is 15.2. The summed E-state index contributed by atoms with van der Waals surface area (Å²) in [6.07, 6.45) is 2.60. The molecule has 47 heavy (non-hydrogen) atoms. The first-order valence-electron chi connectivity index (χ1n) is 14.7. The van der Waals surface area contributed by atoms with E-state index in [0.717, 1.165) is 37.4 Å². The summed E-state index contributed by atoms with van der Waals surface area (Å²) in [5.74, 6) is -7.38. The first-order valence-corrected chi connectivity index (χ1v) is 16.3. The van der Waals surface area contributed by atoms with Crippen LogP contribution < -0.4 is 10.0 Å². The predicted octanol–water partition coefficient (Wildman–Crippen LogP) is 3.93. The second kappa shape index (κ2) is 15.3. The Labute approximate surface area is 268 Å². The van der Waals surface area contributed by atoms with Crippen LogP contribution in [0.1, 0.15) is 54.4 Å². The number of hydrogen-bond donors (Lipinski definition) is 4. The molecule has 1 aliphatic rings. The second-order valence-corrected chi connectivity index (χ2v) is 13.7. The molecule has 16 heteroatoms. The van der Waals surface area contributed by atoms with Gasteiger partial charge in [-0.15, -0.1) is 0 Å². The quantitative estimate of drug-likeness (QED) is 0.0550. The third-order valence-corrected chi connectivity index (χ3v) is 9.65. The summed E-state index contributed by atoms with van der Waals surface area (Å²) < 4.78 is 85.5. The van der Waals surface area contributed by atoms with Crippen molar-refractivity contribution in [3.05, 3.63) is 111 Å². The van der Waals surface area contributed by atoms with Gasteiger partial charge in [-0.1, -0.05) is 17.2 Å². The van der Waals surface area contributed by atoms with Crippen LogP contribution in [0, 0.1) is 23.3 Å².